The number of carbonyl (C=O) groups is 2. The molecule has 0 aliphatic heterocycles. The maximum Gasteiger partial charge on any atom is 0.315 e. The zero-order valence-corrected chi connectivity index (χ0v) is 14.0. The van der Waals surface area contributed by atoms with Crippen LogP contribution in [-0.2, 0) is 11.3 Å². The maximum atomic E-state index is 11.9. The van der Waals surface area contributed by atoms with Crippen molar-refractivity contribution in [2.45, 2.75) is 32.7 Å². The van der Waals surface area contributed by atoms with Gasteiger partial charge in [-0.05, 0) is 19.8 Å². The van der Waals surface area contributed by atoms with Crippen LogP contribution < -0.4 is 10.6 Å². The SMILES string of the molecule is Cc1c(CNC(=O)NCC2(C(=O)O)CCC2)noc1-c1ccccc1. The number of aromatic nitrogens is 1. The second-order valence-corrected chi connectivity index (χ2v) is 6.42. The van der Waals surface area contributed by atoms with Gasteiger partial charge in [-0.25, -0.2) is 4.79 Å². The first-order valence-electron chi connectivity index (χ1n) is 8.27. The zero-order chi connectivity index (χ0) is 17.9. The van der Waals surface area contributed by atoms with Gasteiger partial charge in [0.05, 0.1) is 12.0 Å². The normalized spacial score (nSPS) is 15.2. The van der Waals surface area contributed by atoms with E-state index in [1.807, 2.05) is 37.3 Å². The van der Waals surface area contributed by atoms with Gasteiger partial charge in [-0.3, -0.25) is 4.79 Å². The Balaban J connectivity index is 1.54. The minimum absolute atomic E-state index is 0.140. The van der Waals surface area contributed by atoms with Crippen molar-refractivity contribution >= 4 is 12.0 Å². The summed E-state index contributed by atoms with van der Waals surface area (Å²) in [4.78, 5) is 23.2. The molecule has 1 aliphatic rings. The third-order valence-corrected chi connectivity index (χ3v) is 4.82. The smallest absolute Gasteiger partial charge is 0.315 e. The predicted octanol–water partition coefficient (Wildman–Crippen LogP) is 2.70. The molecule has 7 heteroatoms. The molecule has 3 rings (SSSR count). The van der Waals surface area contributed by atoms with Crippen molar-refractivity contribution in [1.82, 2.24) is 15.8 Å². The van der Waals surface area contributed by atoms with Crippen LogP contribution in [0, 0.1) is 12.3 Å². The lowest BCUT2D eigenvalue weighted by molar-refractivity contribution is -0.153. The number of benzene rings is 1. The van der Waals surface area contributed by atoms with Crippen LogP contribution in [0.25, 0.3) is 11.3 Å². The summed E-state index contributed by atoms with van der Waals surface area (Å²) in [5, 5.41) is 18.6. The van der Waals surface area contributed by atoms with Crippen LogP contribution in [0.5, 0.6) is 0 Å². The van der Waals surface area contributed by atoms with Gasteiger partial charge < -0.3 is 20.3 Å². The predicted molar refractivity (Wildman–Crippen MR) is 90.8 cm³/mol. The Morgan fingerprint density at radius 3 is 2.56 bits per heavy atom. The lowest BCUT2D eigenvalue weighted by atomic mass is 9.69. The van der Waals surface area contributed by atoms with E-state index in [4.69, 9.17) is 4.52 Å². The van der Waals surface area contributed by atoms with E-state index in [1.165, 1.54) is 0 Å². The summed E-state index contributed by atoms with van der Waals surface area (Å²) in [6.07, 6.45) is 2.09. The molecule has 25 heavy (non-hydrogen) atoms. The van der Waals surface area contributed by atoms with Gasteiger partial charge >= 0.3 is 12.0 Å². The molecule has 1 saturated carbocycles. The van der Waals surface area contributed by atoms with Crippen LogP contribution in [0.1, 0.15) is 30.5 Å². The van der Waals surface area contributed by atoms with E-state index in [2.05, 4.69) is 15.8 Å². The number of urea groups is 1. The average molecular weight is 343 g/mol. The number of carbonyl (C=O) groups excluding carboxylic acids is 1. The van der Waals surface area contributed by atoms with E-state index in [-0.39, 0.29) is 13.1 Å². The molecule has 132 valence electrons. The molecule has 0 saturated heterocycles. The molecular weight excluding hydrogens is 322 g/mol. The summed E-state index contributed by atoms with van der Waals surface area (Å²) in [5.74, 6) is -0.170. The molecule has 1 heterocycles. The third-order valence-electron chi connectivity index (χ3n) is 4.82. The summed E-state index contributed by atoms with van der Waals surface area (Å²) in [6.45, 7) is 2.25. The third kappa shape index (κ3) is 3.50. The van der Waals surface area contributed by atoms with Crippen LogP contribution in [-0.4, -0.2) is 28.8 Å². The molecule has 1 aliphatic carbocycles. The lowest BCUT2D eigenvalue weighted by Gasteiger charge is -2.37. The van der Waals surface area contributed by atoms with Gasteiger partial charge in [0, 0.05) is 17.7 Å². The van der Waals surface area contributed by atoms with Gasteiger partial charge in [0.1, 0.15) is 5.69 Å². The number of aliphatic carboxylic acids is 1. The van der Waals surface area contributed by atoms with E-state index >= 15 is 0 Å². The van der Waals surface area contributed by atoms with Gasteiger partial charge in [-0.1, -0.05) is 41.9 Å². The first kappa shape index (κ1) is 17.0. The van der Waals surface area contributed by atoms with Crippen molar-refractivity contribution in [3.8, 4) is 11.3 Å². The highest BCUT2D eigenvalue weighted by Gasteiger charge is 2.44. The Hall–Kier alpha value is -2.83. The molecule has 0 radical (unpaired) electrons. The van der Waals surface area contributed by atoms with Gasteiger partial charge in [0.2, 0.25) is 0 Å². The van der Waals surface area contributed by atoms with Crippen LogP contribution in [0.3, 0.4) is 0 Å². The molecule has 1 aromatic carbocycles. The molecule has 0 atom stereocenters. The molecule has 0 bridgehead atoms. The van der Waals surface area contributed by atoms with E-state index in [0.29, 0.717) is 24.3 Å². The summed E-state index contributed by atoms with van der Waals surface area (Å²) in [6, 6.07) is 9.22. The molecule has 1 aromatic heterocycles. The Bertz CT molecular complexity index is 766. The monoisotopic (exact) mass is 343 g/mol. The fourth-order valence-electron chi connectivity index (χ4n) is 2.94. The van der Waals surface area contributed by atoms with E-state index in [9.17, 15) is 14.7 Å². The number of hydrogen-bond donors (Lipinski definition) is 3. The first-order valence-corrected chi connectivity index (χ1v) is 8.27. The first-order chi connectivity index (χ1) is 12.0. The number of hydrogen-bond acceptors (Lipinski definition) is 4. The van der Waals surface area contributed by atoms with Gasteiger partial charge in [-0.15, -0.1) is 0 Å². The highest BCUT2D eigenvalue weighted by atomic mass is 16.5. The Morgan fingerprint density at radius 2 is 1.96 bits per heavy atom. The van der Waals surface area contributed by atoms with Crippen molar-refractivity contribution in [3.63, 3.8) is 0 Å². The highest BCUT2D eigenvalue weighted by molar-refractivity contribution is 5.78. The molecule has 0 spiro atoms. The van der Waals surface area contributed by atoms with E-state index in [1.54, 1.807) is 0 Å². The fourth-order valence-corrected chi connectivity index (χ4v) is 2.94. The van der Waals surface area contributed by atoms with Crippen molar-refractivity contribution in [3.05, 3.63) is 41.6 Å². The second-order valence-electron chi connectivity index (χ2n) is 6.42. The molecular formula is C18H21N3O4. The number of rotatable bonds is 6. The second kappa shape index (κ2) is 6.96. The molecule has 3 N–H and O–H groups in total. The average Bonchev–Trinajstić information content (AvgIpc) is 2.93. The summed E-state index contributed by atoms with van der Waals surface area (Å²) in [7, 11) is 0. The maximum absolute atomic E-state index is 11.9. The minimum Gasteiger partial charge on any atom is -0.481 e. The van der Waals surface area contributed by atoms with Crippen LogP contribution in [0.15, 0.2) is 34.9 Å². The minimum atomic E-state index is -0.848. The van der Waals surface area contributed by atoms with Crippen molar-refractivity contribution in [1.29, 1.82) is 0 Å². The fraction of sp³-hybridized carbons (Fsp3) is 0.389. The quantitative estimate of drug-likeness (QED) is 0.748. The summed E-state index contributed by atoms with van der Waals surface area (Å²) >= 11 is 0. The molecule has 2 amide bonds. The van der Waals surface area contributed by atoms with E-state index in [0.717, 1.165) is 17.5 Å². The van der Waals surface area contributed by atoms with Crippen molar-refractivity contribution in [2.75, 3.05) is 6.54 Å². The zero-order valence-electron chi connectivity index (χ0n) is 14.0. The topological polar surface area (TPSA) is 104 Å². The standard InChI is InChI=1S/C18H21N3O4/c1-12-14(21-25-15(12)13-6-3-2-4-7-13)10-19-17(24)20-11-18(16(22)23)8-5-9-18/h2-4,6-7H,5,8-11H2,1H3,(H,22,23)(H2,19,20,24). The molecule has 0 unspecified atom stereocenters. The van der Waals surface area contributed by atoms with Crippen LogP contribution in [0.2, 0.25) is 0 Å². The Morgan fingerprint density at radius 1 is 1.24 bits per heavy atom. The number of amides is 2. The van der Waals surface area contributed by atoms with Gasteiger partial charge in [0.25, 0.3) is 0 Å². The van der Waals surface area contributed by atoms with Crippen molar-refractivity contribution < 1.29 is 19.2 Å². The largest absolute Gasteiger partial charge is 0.481 e. The molecule has 1 fully saturated rings. The van der Waals surface area contributed by atoms with E-state index < -0.39 is 17.4 Å². The summed E-state index contributed by atoms with van der Waals surface area (Å²) < 4.78 is 5.39. The number of nitrogens with one attached hydrogen (secondary N) is 2. The van der Waals surface area contributed by atoms with Crippen LogP contribution >= 0.6 is 0 Å². The molecule has 2 aromatic rings. The van der Waals surface area contributed by atoms with Crippen LogP contribution in [0.4, 0.5) is 4.79 Å². The Labute approximate surface area is 145 Å². The van der Waals surface area contributed by atoms with Gasteiger partial charge in [-0.2, -0.15) is 0 Å². The lowest BCUT2D eigenvalue weighted by Crippen LogP contribution is -2.49. The number of carboxylic acid groups (broad SMARTS) is 1. The highest BCUT2D eigenvalue weighted by Crippen LogP contribution is 2.40. The Kier molecular flexibility index (Phi) is 4.74. The van der Waals surface area contributed by atoms with Gasteiger partial charge in [0.15, 0.2) is 5.76 Å². The number of nitrogens with zero attached hydrogens (tertiary/aromatic N) is 1. The molecule has 7 nitrogen and oxygen atoms in total. The number of carboxylic acids is 1. The van der Waals surface area contributed by atoms with Crippen molar-refractivity contribution in [2.24, 2.45) is 5.41 Å². The summed E-state index contributed by atoms with van der Waals surface area (Å²) in [5.41, 5.74) is 1.64.